The van der Waals surface area contributed by atoms with E-state index in [0.29, 0.717) is 24.2 Å². The first-order valence-corrected chi connectivity index (χ1v) is 13.1. The number of hydrogen-bond donors (Lipinski definition) is 1. The van der Waals surface area contributed by atoms with E-state index in [1.165, 1.54) is 16.1 Å². The number of aryl methyl sites for hydroxylation is 1. The number of rotatable bonds is 7. The van der Waals surface area contributed by atoms with E-state index in [1.807, 2.05) is 23.6 Å². The molecule has 0 bridgehead atoms. The van der Waals surface area contributed by atoms with Gasteiger partial charge in [0, 0.05) is 17.0 Å². The third-order valence-electron chi connectivity index (χ3n) is 5.55. The Hall–Kier alpha value is -2.64. The van der Waals surface area contributed by atoms with Crippen molar-refractivity contribution in [1.29, 1.82) is 0 Å². The molecule has 1 atom stereocenters. The largest absolute Gasteiger partial charge is 0.340 e. The number of carbonyl (C=O) groups excluding carboxylic acids is 1. The van der Waals surface area contributed by atoms with Crippen molar-refractivity contribution in [3.8, 4) is 0 Å². The van der Waals surface area contributed by atoms with E-state index in [9.17, 15) is 13.2 Å². The second-order valence-corrected chi connectivity index (χ2v) is 10.7. The third kappa shape index (κ3) is 4.67. The van der Waals surface area contributed by atoms with Gasteiger partial charge in [0.15, 0.2) is 0 Å². The average Bonchev–Trinajstić information content (AvgIpc) is 3.42. The van der Waals surface area contributed by atoms with Crippen LogP contribution >= 0.6 is 11.3 Å². The van der Waals surface area contributed by atoms with Crippen molar-refractivity contribution in [2.45, 2.75) is 32.2 Å². The topological polar surface area (TPSA) is 66.5 Å². The Labute approximate surface area is 187 Å². The van der Waals surface area contributed by atoms with Crippen LogP contribution in [0.5, 0.6) is 0 Å². The number of thiophene rings is 1. The number of nitrogens with zero attached hydrogens (tertiary/aromatic N) is 1. The molecule has 1 amide bonds. The monoisotopic (exact) mass is 454 g/mol. The minimum atomic E-state index is -3.31. The second kappa shape index (κ2) is 8.85. The van der Waals surface area contributed by atoms with E-state index in [0.717, 1.165) is 28.8 Å². The molecule has 0 aliphatic carbocycles. The zero-order valence-corrected chi connectivity index (χ0v) is 19.3. The molecule has 0 radical (unpaired) electrons. The van der Waals surface area contributed by atoms with Crippen molar-refractivity contribution in [2.24, 2.45) is 0 Å². The highest BCUT2D eigenvalue weighted by Crippen LogP contribution is 2.31. The molecule has 2 aromatic carbocycles. The Balaban J connectivity index is 1.59. The van der Waals surface area contributed by atoms with E-state index < -0.39 is 10.0 Å². The van der Waals surface area contributed by atoms with Crippen LogP contribution in [0.1, 0.15) is 51.3 Å². The summed E-state index contributed by atoms with van der Waals surface area (Å²) in [4.78, 5) is 14.2. The predicted molar refractivity (Wildman–Crippen MR) is 126 cm³/mol. The Morgan fingerprint density at radius 2 is 1.94 bits per heavy atom. The summed E-state index contributed by atoms with van der Waals surface area (Å²) in [7, 11) is -3.31. The van der Waals surface area contributed by atoms with Crippen LogP contribution in [0.25, 0.3) is 0 Å². The van der Waals surface area contributed by atoms with Gasteiger partial charge in [0.2, 0.25) is 10.0 Å². The fourth-order valence-corrected chi connectivity index (χ4v) is 5.77. The number of anilines is 1. The van der Waals surface area contributed by atoms with Gasteiger partial charge < -0.3 is 5.32 Å². The lowest BCUT2D eigenvalue weighted by Gasteiger charge is -2.19. The Morgan fingerprint density at radius 1 is 1.16 bits per heavy atom. The van der Waals surface area contributed by atoms with Gasteiger partial charge in [-0.05, 0) is 59.2 Å². The van der Waals surface area contributed by atoms with Crippen LogP contribution in [-0.2, 0) is 22.9 Å². The molecule has 0 spiro atoms. The van der Waals surface area contributed by atoms with E-state index >= 15 is 0 Å². The van der Waals surface area contributed by atoms with Crippen LogP contribution in [0.2, 0.25) is 0 Å². The fourth-order valence-electron chi connectivity index (χ4n) is 4.01. The molecule has 1 aliphatic rings. The molecular weight excluding hydrogens is 428 g/mol. The van der Waals surface area contributed by atoms with E-state index in [4.69, 9.17) is 0 Å². The maximum atomic E-state index is 13.1. The van der Waals surface area contributed by atoms with Gasteiger partial charge in [0.25, 0.3) is 5.91 Å². The molecule has 1 N–H and O–H groups in total. The van der Waals surface area contributed by atoms with Crippen LogP contribution in [0, 0.1) is 0 Å². The van der Waals surface area contributed by atoms with Gasteiger partial charge in [0.1, 0.15) is 0 Å². The van der Waals surface area contributed by atoms with Crippen LogP contribution in [0.3, 0.4) is 0 Å². The smallest absolute Gasteiger partial charge is 0.252 e. The van der Waals surface area contributed by atoms with Gasteiger partial charge >= 0.3 is 0 Å². The van der Waals surface area contributed by atoms with Crippen LogP contribution < -0.4 is 9.62 Å². The summed E-state index contributed by atoms with van der Waals surface area (Å²) in [5.41, 5.74) is 4.42. The molecule has 1 aliphatic heterocycles. The van der Waals surface area contributed by atoms with Gasteiger partial charge in [-0.3, -0.25) is 9.10 Å². The number of hydrogen-bond acceptors (Lipinski definition) is 4. The van der Waals surface area contributed by atoms with Gasteiger partial charge in [-0.15, -0.1) is 11.3 Å². The number of carbonyl (C=O) groups is 1. The first-order chi connectivity index (χ1) is 14.9. The Morgan fingerprint density at radius 3 is 2.58 bits per heavy atom. The molecule has 2 heterocycles. The lowest BCUT2D eigenvalue weighted by atomic mass is 10.0. The average molecular weight is 455 g/mol. The number of amides is 1. The first kappa shape index (κ1) is 21.6. The van der Waals surface area contributed by atoms with Gasteiger partial charge in [-0.25, -0.2) is 8.42 Å². The molecule has 0 saturated carbocycles. The summed E-state index contributed by atoms with van der Waals surface area (Å²) in [5, 5.41) is 5.18. The van der Waals surface area contributed by atoms with Crippen molar-refractivity contribution in [1.82, 2.24) is 5.32 Å². The van der Waals surface area contributed by atoms with E-state index in [2.05, 4.69) is 36.5 Å². The number of nitrogens with one attached hydrogen (secondary N) is 1. The molecule has 162 valence electrons. The standard InChI is InChI=1S/C24H26N2O3S2/c1-3-5-17-7-9-18(10-8-17)23(22-6-4-15-30-22)25-24(27)20-11-12-21-19(16-20)13-14-26(21)31(2,28)29/h4,6-12,15-16,23H,3,5,13-14H2,1-2H3,(H,25,27). The van der Waals surface area contributed by atoms with Crippen molar-refractivity contribution in [2.75, 3.05) is 17.1 Å². The second-order valence-electron chi connectivity index (χ2n) is 7.84. The number of sulfonamides is 1. The van der Waals surface area contributed by atoms with Gasteiger partial charge in [0.05, 0.1) is 18.0 Å². The summed E-state index contributed by atoms with van der Waals surface area (Å²) in [6.45, 7) is 2.58. The Kier molecular flexibility index (Phi) is 6.16. The lowest BCUT2D eigenvalue weighted by Crippen LogP contribution is -2.29. The van der Waals surface area contributed by atoms with E-state index in [-0.39, 0.29) is 11.9 Å². The Bertz CT molecular complexity index is 1170. The fraction of sp³-hybridized carbons (Fsp3) is 0.292. The summed E-state index contributed by atoms with van der Waals surface area (Å²) >= 11 is 1.61. The minimum Gasteiger partial charge on any atom is -0.340 e. The summed E-state index contributed by atoms with van der Waals surface area (Å²) in [5.74, 6) is -0.170. The van der Waals surface area contributed by atoms with Crippen LogP contribution in [0.4, 0.5) is 5.69 Å². The first-order valence-electron chi connectivity index (χ1n) is 10.4. The molecule has 0 fully saturated rings. The van der Waals surface area contributed by atoms with Crippen molar-refractivity contribution in [3.63, 3.8) is 0 Å². The quantitative estimate of drug-likeness (QED) is 0.570. The maximum absolute atomic E-state index is 13.1. The molecule has 5 nitrogen and oxygen atoms in total. The molecule has 7 heteroatoms. The predicted octanol–water partition coefficient (Wildman–Crippen LogP) is 4.54. The lowest BCUT2D eigenvalue weighted by molar-refractivity contribution is 0.0943. The van der Waals surface area contributed by atoms with Crippen molar-refractivity contribution < 1.29 is 13.2 Å². The van der Waals surface area contributed by atoms with Crippen molar-refractivity contribution >= 4 is 33.0 Å². The summed E-state index contributed by atoms with van der Waals surface area (Å²) in [6, 6.07) is 17.5. The molecular formula is C24H26N2O3S2. The maximum Gasteiger partial charge on any atom is 0.252 e. The van der Waals surface area contributed by atoms with Crippen LogP contribution in [-0.4, -0.2) is 27.1 Å². The zero-order valence-electron chi connectivity index (χ0n) is 17.7. The molecule has 4 rings (SSSR count). The number of benzene rings is 2. The molecule has 0 saturated heterocycles. The van der Waals surface area contributed by atoms with Crippen LogP contribution in [0.15, 0.2) is 60.0 Å². The summed E-state index contributed by atoms with van der Waals surface area (Å²) in [6.07, 6.45) is 3.95. The minimum absolute atomic E-state index is 0.170. The molecule has 1 aromatic heterocycles. The van der Waals surface area contributed by atoms with Crippen molar-refractivity contribution in [3.05, 3.63) is 87.1 Å². The molecule has 1 unspecified atom stereocenters. The van der Waals surface area contributed by atoms with E-state index in [1.54, 1.807) is 23.5 Å². The SMILES string of the molecule is CCCc1ccc(C(NC(=O)c2ccc3c(c2)CCN3S(C)(=O)=O)c2cccs2)cc1. The normalized spacial score (nSPS) is 14.3. The third-order valence-corrected chi connectivity index (χ3v) is 7.67. The van der Waals surface area contributed by atoms with Gasteiger partial charge in [-0.1, -0.05) is 43.7 Å². The highest BCUT2D eigenvalue weighted by Gasteiger charge is 2.27. The number of fused-ring (bicyclic) bond motifs is 1. The zero-order chi connectivity index (χ0) is 22.0. The molecule has 31 heavy (non-hydrogen) atoms. The van der Waals surface area contributed by atoms with Gasteiger partial charge in [-0.2, -0.15) is 0 Å². The highest BCUT2D eigenvalue weighted by atomic mass is 32.2. The molecule has 3 aromatic rings. The highest BCUT2D eigenvalue weighted by molar-refractivity contribution is 7.92. The summed E-state index contributed by atoms with van der Waals surface area (Å²) < 4.78 is 25.3.